The van der Waals surface area contributed by atoms with Crippen LogP contribution in [0, 0.1) is 17.0 Å². The lowest BCUT2D eigenvalue weighted by molar-refractivity contribution is -0.385. The Balaban J connectivity index is 2.49. The number of rotatable bonds is 7. The van der Waals surface area contributed by atoms with Crippen molar-refractivity contribution in [1.82, 2.24) is 0 Å². The van der Waals surface area contributed by atoms with Crippen LogP contribution in [0.2, 0.25) is 0 Å². The van der Waals surface area contributed by atoms with E-state index in [9.17, 15) is 14.9 Å². The maximum Gasteiger partial charge on any atom is 0.323 e. The molecule has 0 heterocycles. The molecular formula is C13H18N2O5. The molecule has 0 saturated heterocycles. The molecule has 0 spiro atoms. The number of nitro groups is 1. The topological polar surface area (TPSA) is 116 Å². The standard InChI is InChI=1S/C13H18N2O5/c1-9-8-10(4-5-11(9)15(18)19)20-7-3-6-13(2,14)12(16)17/h4-5,8H,3,6-7,14H2,1-2H3,(H,16,17). The summed E-state index contributed by atoms with van der Waals surface area (Å²) < 4.78 is 5.43. The normalized spacial score (nSPS) is 13.6. The van der Waals surface area contributed by atoms with Crippen LogP contribution in [0.4, 0.5) is 5.69 Å². The Bertz CT molecular complexity index is 513. The number of nitrogens with two attached hydrogens (primary N) is 1. The van der Waals surface area contributed by atoms with Crippen molar-refractivity contribution in [2.24, 2.45) is 5.73 Å². The van der Waals surface area contributed by atoms with Crippen molar-refractivity contribution in [3.05, 3.63) is 33.9 Å². The highest BCUT2D eigenvalue weighted by Gasteiger charge is 2.26. The van der Waals surface area contributed by atoms with Crippen molar-refractivity contribution < 1.29 is 19.6 Å². The first-order chi connectivity index (χ1) is 9.24. The largest absolute Gasteiger partial charge is 0.494 e. The molecule has 7 heteroatoms. The van der Waals surface area contributed by atoms with Crippen LogP contribution >= 0.6 is 0 Å². The minimum atomic E-state index is -1.27. The van der Waals surface area contributed by atoms with E-state index in [1.165, 1.54) is 19.1 Å². The number of aliphatic carboxylic acids is 1. The Morgan fingerprint density at radius 3 is 2.70 bits per heavy atom. The quantitative estimate of drug-likeness (QED) is 0.448. The second-order valence-corrected chi connectivity index (χ2v) is 4.88. The molecule has 20 heavy (non-hydrogen) atoms. The van der Waals surface area contributed by atoms with Crippen molar-refractivity contribution in [2.75, 3.05) is 6.61 Å². The molecule has 0 aliphatic rings. The minimum Gasteiger partial charge on any atom is -0.494 e. The molecular weight excluding hydrogens is 264 g/mol. The van der Waals surface area contributed by atoms with Crippen molar-refractivity contribution >= 4 is 11.7 Å². The molecule has 0 aliphatic carbocycles. The van der Waals surface area contributed by atoms with E-state index in [0.29, 0.717) is 24.3 Å². The first-order valence-corrected chi connectivity index (χ1v) is 6.14. The smallest absolute Gasteiger partial charge is 0.323 e. The molecule has 0 bridgehead atoms. The van der Waals surface area contributed by atoms with Gasteiger partial charge in [0.05, 0.1) is 11.5 Å². The summed E-state index contributed by atoms with van der Waals surface area (Å²) in [5, 5.41) is 19.5. The molecule has 1 aromatic rings. The van der Waals surface area contributed by atoms with Gasteiger partial charge in [0.15, 0.2) is 0 Å². The third kappa shape index (κ3) is 4.20. The van der Waals surface area contributed by atoms with Gasteiger partial charge in [-0.2, -0.15) is 0 Å². The van der Waals surface area contributed by atoms with E-state index < -0.39 is 16.4 Å². The van der Waals surface area contributed by atoms with Gasteiger partial charge in [-0.25, -0.2) is 0 Å². The van der Waals surface area contributed by atoms with Crippen LogP contribution < -0.4 is 10.5 Å². The van der Waals surface area contributed by atoms with Gasteiger partial charge in [-0.3, -0.25) is 14.9 Å². The highest BCUT2D eigenvalue weighted by atomic mass is 16.6. The van der Waals surface area contributed by atoms with Crippen molar-refractivity contribution in [3.63, 3.8) is 0 Å². The van der Waals surface area contributed by atoms with E-state index >= 15 is 0 Å². The number of carbonyl (C=O) groups is 1. The minimum absolute atomic E-state index is 0.0396. The Morgan fingerprint density at radius 2 is 2.20 bits per heavy atom. The van der Waals surface area contributed by atoms with E-state index in [1.807, 2.05) is 0 Å². The molecule has 1 unspecified atom stereocenters. The van der Waals surface area contributed by atoms with Crippen LogP contribution in [0.5, 0.6) is 5.75 Å². The predicted molar refractivity (Wildman–Crippen MR) is 72.8 cm³/mol. The van der Waals surface area contributed by atoms with Gasteiger partial charge in [-0.05, 0) is 38.8 Å². The lowest BCUT2D eigenvalue weighted by Crippen LogP contribution is -2.44. The molecule has 0 amide bonds. The fourth-order valence-electron chi connectivity index (χ4n) is 1.66. The predicted octanol–water partition coefficient (Wildman–Crippen LogP) is 1.86. The summed E-state index contributed by atoms with van der Waals surface area (Å²) in [6.07, 6.45) is 0.767. The zero-order valence-corrected chi connectivity index (χ0v) is 11.5. The monoisotopic (exact) mass is 282 g/mol. The van der Waals surface area contributed by atoms with Gasteiger partial charge in [0, 0.05) is 11.6 Å². The number of nitro benzene ring substituents is 1. The number of ether oxygens (including phenoxy) is 1. The summed E-state index contributed by atoms with van der Waals surface area (Å²) in [7, 11) is 0. The third-order valence-electron chi connectivity index (χ3n) is 2.96. The van der Waals surface area contributed by atoms with E-state index in [4.69, 9.17) is 15.6 Å². The fraction of sp³-hybridized carbons (Fsp3) is 0.462. The second-order valence-electron chi connectivity index (χ2n) is 4.88. The van der Waals surface area contributed by atoms with Crippen LogP contribution in [-0.2, 0) is 4.79 Å². The van der Waals surface area contributed by atoms with Gasteiger partial charge in [0.25, 0.3) is 5.69 Å². The highest BCUT2D eigenvalue weighted by molar-refractivity contribution is 5.77. The molecule has 0 radical (unpaired) electrons. The zero-order valence-electron chi connectivity index (χ0n) is 11.5. The summed E-state index contributed by atoms with van der Waals surface area (Å²) in [6.45, 7) is 3.38. The molecule has 1 atom stereocenters. The average Bonchev–Trinajstić information content (AvgIpc) is 2.34. The number of nitrogens with zero attached hydrogens (tertiary/aromatic N) is 1. The molecule has 0 aromatic heterocycles. The summed E-state index contributed by atoms with van der Waals surface area (Å²) >= 11 is 0. The highest BCUT2D eigenvalue weighted by Crippen LogP contribution is 2.23. The lowest BCUT2D eigenvalue weighted by Gasteiger charge is -2.18. The number of carboxylic acids is 1. The number of hydrogen-bond acceptors (Lipinski definition) is 5. The first-order valence-electron chi connectivity index (χ1n) is 6.14. The molecule has 1 aromatic carbocycles. The van der Waals surface area contributed by atoms with Gasteiger partial charge >= 0.3 is 5.97 Å². The zero-order chi connectivity index (χ0) is 15.3. The number of hydrogen-bond donors (Lipinski definition) is 2. The Labute approximate surface area is 116 Å². The van der Waals surface area contributed by atoms with Gasteiger partial charge in [-0.15, -0.1) is 0 Å². The molecule has 1 rings (SSSR count). The van der Waals surface area contributed by atoms with Crippen LogP contribution in [0.15, 0.2) is 18.2 Å². The van der Waals surface area contributed by atoms with Crippen LogP contribution in [-0.4, -0.2) is 28.1 Å². The van der Waals surface area contributed by atoms with Crippen molar-refractivity contribution in [1.29, 1.82) is 0 Å². The Kier molecular flexibility index (Phi) is 5.04. The Hall–Kier alpha value is -2.15. The van der Waals surface area contributed by atoms with Gasteiger partial charge in [0.1, 0.15) is 11.3 Å². The number of aryl methyl sites for hydroxylation is 1. The number of carboxylic acid groups (broad SMARTS) is 1. The molecule has 0 saturated carbocycles. The van der Waals surface area contributed by atoms with E-state index in [0.717, 1.165) is 0 Å². The fourth-order valence-corrected chi connectivity index (χ4v) is 1.66. The maximum absolute atomic E-state index is 10.8. The van der Waals surface area contributed by atoms with Gasteiger partial charge in [-0.1, -0.05) is 0 Å². The molecule has 3 N–H and O–H groups in total. The van der Waals surface area contributed by atoms with Gasteiger partial charge in [0.2, 0.25) is 0 Å². The molecule has 0 aliphatic heterocycles. The maximum atomic E-state index is 10.8. The van der Waals surface area contributed by atoms with Crippen LogP contribution in [0.25, 0.3) is 0 Å². The third-order valence-corrected chi connectivity index (χ3v) is 2.96. The molecule has 7 nitrogen and oxygen atoms in total. The van der Waals surface area contributed by atoms with Gasteiger partial charge < -0.3 is 15.6 Å². The summed E-state index contributed by atoms with van der Waals surface area (Å²) in [6, 6.07) is 4.48. The average molecular weight is 282 g/mol. The lowest BCUT2D eigenvalue weighted by atomic mass is 9.98. The van der Waals surface area contributed by atoms with E-state index in [2.05, 4.69) is 0 Å². The van der Waals surface area contributed by atoms with Crippen molar-refractivity contribution in [3.8, 4) is 5.75 Å². The van der Waals surface area contributed by atoms with Crippen molar-refractivity contribution in [2.45, 2.75) is 32.2 Å². The SMILES string of the molecule is Cc1cc(OCCCC(C)(N)C(=O)O)ccc1[N+](=O)[O-]. The summed E-state index contributed by atoms with van der Waals surface area (Å²) in [5.74, 6) is -0.536. The summed E-state index contributed by atoms with van der Waals surface area (Å²) in [4.78, 5) is 21.0. The Morgan fingerprint density at radius 1 is 1.55 bits per heavy atom. The molecule has 0 fully saturated rings. The molecule has 110 valence electrons. The van der Waals surface area contributed by atoms with Crippen LogP contribution in [0.1, 0.15) is 25.3 Å². The second kappa shape index (κ2) is 6.33. The van der Waals surface area contributed by atoms with E-state index in [-0.39, 0.29) is 12.1 Å². The van der Waals surface area contributed by atoms with Crippen LogP contribution in [0.3, 0.4) is 0 Å². The van der Waals surface area contributed by atoms with E-state index in [1.54, 1.807) is 13.0 Å². The first kappa shape index (κ1) is 15.9. The number of benzene rings is 1. The summed E-state index contributed by atoms with van der Waals surface area (Å²) in [5.41, 5.74) is 4.87.